The highest BCUT2D eigenvalue weighted by Gasteiger charge is 2.29. The lowest BCUT2D eigenvalue weighted by atomic mass is 9.90. The van der Waals surface area contributed by atoms with Crippen molar-refractivity contribution >= 4 is 11.5 Å². The van der Waals surface area contributed by atoms with Gasteiger partial charge >= 0.3 is 0 Å². The van der Waals surface area contributed by atoms with E-state index in [1.165, 1.54) is 11.0 Å². The summed E-state index contributed by atoms with van der Waals surface area (Å²) in [7, 11) is 3.45. The molecule has 1 atom stereocenters. The van der Waals surface area contributed by atoms with E-state index >= 15 is 0 Å². The van der Waals surface area contributed by atoms with Crippen molar-refractivity contribution in [3.8, 4) is 0 Å². The van der Waals surface area contributed by atoms with E-state index in [4.69, 9.17) is 0 Å². The van der Waals surface area contributed by atoms with Crippen LogP contribution in [0.5, 0.6) is 0 Å². The van der Waals surface area contributed by atoms with Gasteiger partial charge in [-0.15, -0.1) is 0 Å². The molecular weight excluding hydrogens is 241 g/mol. The van der Waals surface area contributed by atoms with Gasteiger partial charge in [-0.1, -0.05) is 19.9 Å². The third-order valence-electron chi connectivity index (χ3n) is 3.74. The van der Waals surface area contributed by atoms with Gasteiger partial charge in [-0.3, -0.25) is 4.79 Å². The largest absolute Gasteiger partial charge is 0.345 e. The second kappa shape index (κ2) is 5.16. The number of amides is 1. The third kappa shape index (κ3) is 2.70. The Labute approximate surface area is 113 Å². The Morgan fingerprint density at radius 3 is 2.68 bits per heavy atom. The van der Waals surface area contributed by atoms with Gasteiger partial charge in [-0.05, 0) is 47.1 Å². The van der Waals surface area contributed by atoms with E-state index in [1.807, 2.05) is 6.07 Å². The minimum atomic E-state index is -0.244. The number of nitrogens with zero attached hydrogens (tertiary/aromatic N) is 1. The first-order chi connectivity index (χ1) is 8.90. The van der Waals surface area contributed by atoms with E-state index in [2.05, 4.69) is 13.8 Å². The van der Waals surface area contributed by atoms with Gasteiger partial charge in [0.25, 0.3) is 0 Å². The first-order valence-corrected chi connectivity index (χ1v) is 6.62. The predicted octanol–water partition coefficient (Wildman–Crippen LogP) is 3.44. The minimum Gasteiger partial charge on any atom is -0.345 e. The average Bonchev–Trinajstić information content (AvgIpc) is 2.67. The van der Waals surface area contributed by atoms with Crippen LogP contribution >= 0.6 is 0 Å². The molecule has 1 aromatic rings. The molecule has 1 aliphatic rings. The van der Waals surface area contributed by atoms with Crippen LogP contribution in [0, 0.1) is 11.7 Å². The lowest BCUT2D eigenvalue weighted by molar-refractivity contribution is -0.123. The van der Waals surface area contributed by atoms with Gasteiger partial charge in [-0.2, -0.15) is 0 Å². The molecule has 1 amide bonds. The molecule has 19 heavy (non-hydrogen) atoms. The highest BCUT2D eigenvalue weighted by atomic mass is 19.1. The summed E-state index contributed by atoms with van der Waals surface area (Å²) in [5, 5.41) is 0. The lowest BCUT2D eigenvalue weighted by Crippen LogP contribution is -2.19. The molecule has 3 heteroatoms. The molecule has 0 spiro atoms. The number of likely N-dealkylation sites (N-methyl/N-ethyl adjacent to an activating group) is 1. The molecular formula is C16H20FNO. The summed E-state index contributed by atoms with van der Waals surface area (Å²) in [6, 6.07) is 4.91. The summed E-state index contributed by atoms with van der Waals surface area (Å²) in [6.07, 6.45) is 2.46. The molecule has 0 saturated heterocycles. The fourth-order valence-electron chi connectivity index (χ4n) is 2.60. The highest BCUT2D eigenvalue weighted by Crippen LogP contribution is 2.44. The van der Waals surface area contributed by atoms with E-state index in [9.17, 15) is 9.18 Å². The van der Waals surface area contributed by atoms with Gasteiger partial charge in [0.05, 0.1) is 0 Å². The Kier molecular flexibility index (Phi) is 3.74. The van der Waals surface area contributed by atoms with Crippen LogP contribution in [0.2, 0.25) is 0 Å². The number of hydrogen-bond acceptors (Lipinski definition) is 1. The Balaban J connectivity index is 2.46. The third-order valence-corrected chi connectivity index (χ3v) is 3.74. The van der Waals surface area contributed by atoms with Crippen molar-refractivity contribution in [1.82, 2.24) is 4.90 Å². The van der Waals surface area contributed by atoms with Crippen LogP contribution in [0.15, 0.2) is 24.3 Å². The molecule has 0 aromatic heterocycles. The zero-order valence-corrected chi connectivity index (χ0v) is 11.9. The van der Waals surface area contributed by atoms with Crippen LogP contribution in [-0.4, -0.2) is 24.9 Å². The fourth-order valence-corrected chi connectivity index (χ4v) is 2.60. The maximum atomic E-state index is 13.4. The normalized spacial score (nSPS) is 19.9. The Hall–Kier alpha value is -1.64. The summed E-state index contributed by atoms with van der Waals surface area (Å²) in [4.78, 5) is 13.4. The molecule has 0 heterocycles. The SMILES string of the molecule is CC(C)C1C/C(=C\C(=O)N(C)C)c2cc(F)ccc21. The zero-order valence-electron chi connectivity index (χ0n) is 11.9. The van der Waals surface area contributed by atoms with Crippen molar-refractivity contribution in [3.63, 3.8) is 0 Å². The summed E-state index contributed by atoms with van der Waals surface area (Å²) >= 11 is 0. The standard InChI is InChI=1S/C16H20FNO/c1-10(2)14-7-11(8-16(19)18(3)4)15-9-12(17)5-6-13(14)15/h5-6,8-10,14H,7H2,1-4H3/b11-8+. The number of fused-ring (bicyclic) bond motifs is 1. The van der Waals surface area contributed by atoms with Crippen LogP contribution in [0.25, 0.3) is 5.57 Å². The molecule has 0 N–H and O–H groups in total. The smallest absolute Gasteiger partial charge is 0.246 e. The van der Waals surface area contributed by atoms with Crippen LogP contribution in [0.4, 0.5) is 4.39 Å². The molecule has 2 nitrogen and oxygen atoms in total. The second-order valence-corrected chi connectivity index (χ2v) is 5.69. The Morgan fingerprint density at radius 1 is 1.42 bits per heavy atom. The summed E-state index contributed by atoms with van der Waals surface area (Å²) in [5.41, 5.74) is 3.01. The number of hydrogen-bond donors (Lipinski definition) is 0. The zero-order chi connectivity index (χ0) is 14.2. The van der Waals surface area contributed by atoms with E-state index in [-0.39, 0.29) is 11.7 Å². The maximum absolute atomic E-state index is 13.4. The number of carbonyl (C=O) groups is 1. The average molecular weight is 261 g/mol. The lowest BCUT2D eigenvalue weighted by Gasteiger charge is -2.14. The molecule has 102 valence electrons. The van der Waals surface area contributed by atoms with Crippen molar-refractivity contribution in [1.29, 1.82) is 0 Å². The Morgan fingerprint density at radius 2 is 2.11 bits per heavy atom. The molecule has 0 aliphatic heterocycles. The molecule has 0 fully saturated rings. The van der Waals surface area contributed by atoms with Crippen molar-refractivity contribution in [2.24, 2.45) is 5.92 Å². The minimum absolute atomic E-state index is 0.0467. The molecule has 1 aromatic carbocycles. The van der Waals surface area contributed by atoms with Gasteiger partial charge in [-0.25, -0.2) is 4.39 Å². The maximum Gasteiger partial charge on any atom is 0.246 e. The molecule has 0 radical (unpaired) electrons. The number of halogens is 1. The van der Waals surface area contributed by atoms with Crippen molar-refractivity contribution < 1.29 is 9.18 Å². The Bertz CT molecular complexity index is 532. The summed E-state index contributed by atoms with van der Waals surface area (Å²) < 4.78 is 13.4. The topological polar surface area (TPSA) is 20.3 Å². The van der Waals surface area contributed by atoms with Gasteiger partial charge in [0, 0.05) is 20.2 Å². The highest BCUT2D eigenvalue weighted by molar-refractivity contribution is 5.96. The van der Waals surface area contributed by atoms with Crippen molar-refractivity contribution in [3.05, 3.63) is 41.2 Å². The first kappa shape index (κ1) is 13.8. The number of carbonyl (C=O) groups excluding carboxylic acids is 1. The van der Waals surface area contributed by atoms with E-state index < -0.39 is 0 Å². The van der Waals surface area contributed by atoms with E-state index in [1.54, 1.807) is 26.2 Å². The molecule has 0 bridgehead atoms. The summed E-state index contributed by atoms with van der Waals surface area (Å²) in [5.74, 6) is 0.558. The number of allylic oxidation sites excluding steroid dienone is 1. The first-order valence-electron chi connectivity index (χ1n) is 6.62. The summed E-state index contributed by atoms with van der Waals surface area (Å²) in [6.45, 7) is 4.32. The molecule has 0 saturated carbocycles. The van der Waals surface area contributed by atoms with E-state index in [0.29, 0.717) is 11.8 Å². The van der Waals surface area contributed by atoms with Gasteiger partial charge < -0.3 is 4.90 Å². The molecule has 1 unspecified atom stereocenters. The van der Waals surface area contributed by atoms with E-state index in [0.717, 1.165) is 23.1 Å². The molecule has 1 aliphatic carbocycles. The van der Waals surface area contributed by atoms with Crippen LogP contribution in [0.1, 0.15) is 37.3 Å². The monoisotopic (exact) mass is 261 g/mol. The van der Waals surface area contributed by atoms with Crippen molar-refractivity contribution in [2.45, 2.75) is 26.2 Å². The van der Waals surface area contributed by atoms with Gasteiger partial charge in [0.2, 0.25) is 5.91 Å². The van der Waals surface area contributed by atoms with Gasteiger partial charge in [0.1, 0.15) is 5.82 Å². The number of rotatable bonds is 2. The van der Waals surface area contributed by atoms with Gasteiger partial charge in [0.15, 0.2) is 0 Å². The quantitative estimate of drug-likeness (QED) is 0.747. The van der Waals surface area contributed by atoms with Crippen LogP contribution in [0.3, 0.4) is 0 Å². The fraction of sp³-hybridized carbons (Fsp3) is 0.438. The molecule has 2 rings (SSSR count). The predicted molar refractivity (Wildman–Crippen MR) is 75.3 cm³/mol. The number of benzene rings is 1. The van der Waals surface area contributed by atoms with Crippen LogP contribution in [-0.2, 0) is 4.79 Å². The van der Waals surface area contributed by atoms with Crippen LogP contribution < -0.4 is 0 Å². The second-order valence-electron chi connectivity index (χ2n) is 5.69. The van der Waals surface area contributed by atoms with Crippen molar-refractivity contribution in [2.75, 3.05) is 14.1 Å².